The zero-order valence-corrected chi connectivity index (χ0v) is 13.4. The molecule has 1 atom stereocenters. The maximum Gasteiger partial charge on any atom is 0.120 e. The van der Waals surface area contributed by atoms with E-state index < -0.39 is 0 Å². The first kappa shape index (κ1) is 15.5. The van der Waals surface area contributed by atoms with Gasteiger partial charge in [-0.2, -0.15) is 0 Å². The summed E-state index contributed by atoms with van der Waals surface area (Å²) in [5, 5.41) is 3.40. The van der Waals surface area contributed by atoms with Gasteiger partial charge in [0.05, 0.1) is 6.61 Å². The lowest BCUT2D eigenvalue weighted by molar-refractivity contribution is 0.339. The average molecular weight is 314 g/mol. The SMILES string of the molecule is CCOc1ccc(C(CCC(C)C)NC)c(Br)c1. The molecule has 0 bridgehead atoms. The number of benzene rings is 1. The molecule has 0 radical (unpaired) electrons. The molecule has 3 heteroatoms. The van der Waals surface area contributed by atoms with Gasteiger partial charge in [0, 0.05) is 10.5 Å². The van der Waals surface area contributed by atoms with Crippen molar-refractivity contribution in [3.63, 3.8) is 0 Å². The Morgan fingerprint density at radius 3 is 2.50 bits per heavy atom. The van der Waals surface area contributed by atoms with Crippen LogP contribution in [-0.4, -0.2) is 13.7 Å². The van der Waals surface area contributed by atoms with Crippen LogP contribution in [0, 0.1) is 5.92 Å². The molecule has 0 aromatic heterocycles. The van der Waals surface area contributed by atoms with Crippen molar-refractivity contribution in [2.24, 2.45) is 5.92 Å². The molecule has 1 unspecified atom stereocenters. The zero-order chi connectivity index (χ0) is 13.5. The normalized spacial score (nSPS) is 12.8. The highest BCUT2D eigenvalue weighted by atomic mass is 79.9. The Morgan fingerprint density at radius 2 is 2.00 bits per heavy atom. The molecule has 0 aliphatic carbocycles. The summed E-state index contributed by atoms with van der Waals surface area (Å²) in [7, 11) is 2.02. The second kappa shape index (κ2) is 7.80. The molecular weight excluding hydrogens is 290 g/mol. The average Bonchev–Trinajstić information content (AvgIpc) is 2.32. The van der Waals surface area contributed by atoms with Gasteiger partial charge in [-0.1, -0.05) is 35.8 Å². The summed E-state index contributed by atoms with van der Waals surface area (Å²) in [6, 6.07) is 6.65. The molecule has 0 heterocycles. The lowest BCUT2D eigenvalue weighted by atomic mass is 9.98. The van der Waals surface area contributed by atoms with E-state index in [0.29, 0.717) is 12.6 Å². The fraction of sp³-hybridized carbons (Fsp3) is 0.600. The monoisotopic (exact) mass is 313 g/mol. The van der Waals surface area contributed by atoms with Crippen molar-refractivity contribution < 1.29 is 4.74 Å². The van der Waals surface area contributed by atoms with Crippen LogP contribution in [0.1, 0.15) is 45.2 Å². The standard InChI is InChI=1S/C15H24BrNO/c1-5-18-12-7-8-13(14(16)10-12)15(17-4)9-6-11(2)3/h7-8,10-11,15,17H,5-6,9H2,1-4H3. The minimum absolute atomic E-state index is 0.400. The van der Waals surface area contributed by atoms with Crippen LogP contribution in [0.25, 0.3) is 0 Å². The highest BCUT2D eigenvalue weighted by molar-refractivity contribution is 9.10. The minimum atomic E-state index is 0.400. The summed E-state index contributed by atoms with van der Waals surface area (Å²) in [5.41, 5.74) is 1.31. The van der Waals surface area contributed by atoms with Crippen molar-refractivity contribution in [3.05, 3.63) is 28.2 Å². The van der Waals surface area contributed by atoms with E-state index in [-0.39, 0.29) is 0 Å². The summed E-state index contributed by atoms with van der Waals surface area (Å²) >= 11 is 3.65. The van der Waals surface area contributed by atoms with Crippen LogP contribution in [0.15, 0.2) is 22.7 Å². The van der Waals surface area contributed by atoms with Crippen LogP contribution in [0.2, 0.25) is 0 Å². The molecule has 1 rings (SSSR count). The van der Waals surface area contributed by atoms with E-state index in [0.717, 1.165) is 22.6 Å². The van der Waals surface area contributed by atoms with Crippen LogP contribution < -0.4 is 10.1 Å². The molecule has 0 amide bonds. The third kappa shape index (κ3) is 4.62. The van der Waals surface area contributed by atoms with E-state index in [1.54, 1.807) is 0 Å². The van der Waals surface area contributed by atoms with Crippen LogP contribution in [0.4, 0.5) is 0 Å². The number of ether oxygens (including phenoxy) is 1. The van der Waals surface area contributed by atoms with Gasteiger partial charge in [-0.25, -0.2) is 0 Å². The van der Waals surface area contributed by atoms with Gasteiger partial charge in [0.25, 0.3) is 0 Å². The Kier molecular flexibility index (Phi) is 6.72. The van der Waals surface area contributed by atoms with Crippen LogP contribution in [-0.2, 0) is 0 Å². The van der Waals surface area contributed by atoms with E-state index in [9.17, 15) is 0 Å². The first-order valence-electron chi connectivity index (χ1n) is 6.68. The zero-order valence-electron chi connectivity index (χ0n) is 11.8. The molecule has 0 spiro atoms. The van der Waals surface area contributed by atoms with Crippen molar-refractivity contribution in [2.75, 3.05) is 13.7 Å². The number of halogens is 1. The summed E-state index contributed by atoms with van der Waals surface area (Å²) in [6.45, 7) is 7.23. The number of rotatable bonds is 7. The molecular formula is C15H24BrNO. The Hall–Kier alpha value is -0.540. The Balaban J connectivity index is 2.79. The number of hydrogen-bond acceptors (Lipinski definition) is 2. The Labute approximate surface area is 119 Å². The molecule has 0 aliphatic heterocycles. The third-order valence-electron chi connectivity index (χ3n) is 3.04. The van der Waals surface area contributed by atoms with Crippen molar-refractivity contribution in [1.29, 1.82) is 0 Å². The third-order valence-corrected chi connectivity index (χ3v) is 3.73. The molecule has 1 N–H and O–H groups in total. The fourth-order valence-corrected chi connectivity index (χ4v) is 2.64. The molecule has 1 aromatic rings. The van der Waals surface area contributed by atoms with Gasteiger partial charge in [0.15, 0.2) is 0 Å². The molecule has 18 heavy (non-hydrogen) atoms. The molecule has 0 saturated carbocycles. The predicted octanol–water partition coefficient (Wildman–Crippen LogP) is 4.54. The minimum Gasteiger partial charge on any atom is -0.494 e. The highest BCUT2D eigenvalue weighted by Gasteiger charge is 2.13. The lowest BCUT2D eigenvalue weighted by Crippen LogP contribution is -2.17. The van der Waals surface area contributed by atoms with Crippen molar-refractivity contribution in [3.8, 4) is 5.75 Å². The number of hydrogen-bond donors (Lipinski definition) is 1. The molecule has 1 aromatic carbocycles. The fourth-order valence-electron chi connectivity index (χ4n) is 2.00. The first-order chi connectivity index (χ1) is 8.58. The van der Waals surface area contributed by atoms with E-state index >= 15 is 0 Å². The molecule has 2 nitrogen and oxygen atoms in total. The van der Waals surface area contributed by atoms with Crippen molar-refractivity contribution in [1.82, 2.24) is 5.32 Å². The summed E-state index contributed by atoms with van der Waals surface area (Å²) < 4.78 is 6.62. The van der Waals surface area contributed by atoms with Gasteiger partial charge >= 0.3 is 0 Å². The Morgan fingerprint density at radius 1 is 1.28 bits per heavy atom. The molecule has 0 saturated heterocycles. The molecule has 102 valence electrons. The van der Waals surface area contributed by atoms with E-state index in [1.165, 1.54) is 12.0 Å². The number of nitrogens with one attached hydrogen (secondary N) is 1. The summed E-state index contributed by atoms with van der Waals surface area (Å²) in [6.07, 6.45) is 2.38. The van der Waals surface area contributed by atoms with E-state index in [4.69, 9.17) is 4.74 Å². The maximum absolute atomic E-state index is 5.50. The second-order valence-electron chi connectivity index (χ2n) is 4.93. The van der Waals surface area contributed by atoms with Gasteiger partial charge < -0.3 is 10.1 Å². The topological polar surface area (TPSA) is 21.3 Å². The van der Waals surface area contributed by atoms with Gasteiger partial charge in [-0.3, -0.25) is 0 Å². The smallest absolute Gasteiger partial charge is 0.120 e. The molecule has 0 fully saturated rings. The van der Waals surface area contributed by atoms with E-state index in [1.807, 2.05) is 20.0 Å². The van der Waals surface area contributed by atoms with Gasteiger partial charge in [0.2, 0.25) is 0 Å². The van der Waals surface area contributed by atoms with Gasteiger partial charge in [0.1, 0.15) is 5.75 Å². The largest absolute Gasteiger partial charge is 0.494 e. The van der Waals surface area contributed by atoms with Crippen molar-refractivity contribution in [2.45, 2.75) is 39.7 Å². The van der Waals surface area contributed by atoms with Crippen LogP contribution >= 0.6 is 15.9 Å². The first-order valence-corrected chi connectivity index (χ1v) is 7.47. The predicted molar refractivity (Wildman–Crippen MR) is 81.2 cm³/mol. The second-order valence-corrected chi connectivity index (χ2v) is 5.78. The summed E-state index contributed by atoms with van der Waals surface area (Å²) in [4.78, 5) is 0. The highest BCUT2D eigenvalue weighted by Crippen LogP contribution is 2.30. The summed E-state index contributed by atoms with van der Waals surface area (Å²) in [5.74, 6) is 1.66. The molecule has 0 aliphatic rings. The maximum atomic E-state index is 5.50. The van der Waals surface area contributed by atoms with Crippen LogP contribution in [0.3, 0.4) is 0 Å². The lowest BCUT2D eigenvalue weighted by Gasteiger charge is -2.19. The van der Waals surface area contributed by atoms with Crippen LogP contribution in [0.5, 0.6) is 5.75 Å². The van der Waals surface area contributed by atoms with E-state index in [2.05, 4.69) is 47.2 Å². The van der Waals surface area contributed by atoms with Gasteiger partial charge in [-0.15, -0.1) is 0 Å². The van der Waals surface area contributed by atoms with Crippen molar-refractivity contribution >= 4 is 15.9 Å². The quantitative estimate of drug-likeness (QED) is 0.797. The van der Waals surface area contributed by atoms with Gasteiger partial charge in [-0.05, 0) is 50.4 Å². The Bertz CT molecular complexity index is 366.